The van der Waals surface area contributed by atoms with Crippen molar-refractivity contribution in [2.24, 2.45) is 4.99 Å². The van der Waals surface area contributed by atoms with Gasteiger partial charge in [-0.3, -0.25) is 9.36 Å². The molecule has 1 N–H and O–H groups in total. The van der Waals surface area contributed by atoms with Gasteiger partial charge < -0.3 is 19.5 Å². The summed E-state index contributed by atoms with van der Waals surface area (Å²) in [6, 6.07) is 12.1. The van der Waals surface area contributed by atoms with Crippen LogP contribution < -0.4 is 24.5 Å². The van der Waals surface area contributed by atoms with Crippen LogP contribution in [0.4, 0.5) is 5.69 Å². The first-order valence-corrected chi connectivity index (χ1v) is 14.0. The van der Waals surface area contributed by atoms with Crippen LogP contribution in [0.25, 0.3) is 6.08 Å². The Balaban J connectivity index is 1.85. The second-order valence-electron chi connectivity index (χ2n) is 9.45. The van der Waals surface area contributed by atoms with Crippen molar-refractivity contribution in [1.82, 2.24) is 4.57 Å². The summed E-state index contributed by atoms with van der Waals surface area (Å²) in [7, 11) is 0. The lowest BCUT2D eigenvalue weighted by molar-refractivity contribution is -0.139. The van der Waals surface area contributed by atoms with Gasteiger partial charge in [0, 0.05) is 30.4 Å². The maximum absolute atomic E-state index is 13.8. The molecule has 8 nitrogen and oxygen atoms in total. The fourth-order valence-corrected chi connectivity index (χ4v) is 5.73. The van der Waals surface area contributed by atoms with Gasteiger partial charge in [-0.05, 0) is 77.4 Å². The van der Waals surface area contributed by atoms with Crippen molar-refractivity contribution in [3.8, 4) is 11.5 Å². The van der Waals surface area contributed by atoms with Gasteiger partial charge in [-0.2, -0.15) is 0 Å². The highest BCUT2D eigenvalue weighted by molar-refractivity contribution is 7.07. The van der Waals surface area contributed by atoms with Crippen molar-refractivity contribution in [3.63, 3.8) is 0 Å². The Morgan fingerprint density at radius 2 is 1.85 bits per heavy atom. The van der Waals surface area contributed by atoms with E-state index in [9.17, 15) is 14.7 Å². The van der Waals surface area contributed by atoms with Gasteiger partial charge in [0.15, 0.2) is 4.80 Å². The maximum atomic E-state index is 13.8. The number of carbonyl (C=O) groups excluding carboxylic acids is 1. The van der Waals surface area contributed by atoms with Crippen LogP contribution in [0, 0.1) is 0 Å². The fourth-order valence-electron chi connectivity index (χ4n) is 4.69. The van der Waals surface area contributed by atoms with Gasteiger partial charge in [0.2, 0.25) is 0 Å². The lowest BCUT2D eigenvalue weighted by Crippen LogP contribution is -2.39. The number of allylic oxidation sites excluding steroid dienone is 1. The summed E-state index contributed by atoms with van der Waals surface area (Å²) in [5.74, 6) is 0.277. The summed E-state index contributed by atoms with van der Waals surface area (Å²) in [6.45, 7) is 13.4. The first-order valence-electron chi connectivity index (χ1n) is 13.2. The lowest BCUT2D eigenvalue weighted by Gasteiger charge is -2.25. The Morgan fingerprint density at radius 3 is 2.44 bits per heavy atom. The van der Waals surface area contributed by atoms with Crippen LogP contribution >= 0.6 is 11.3 Å². The molecule has 9 heteroatoms. The minimum Gasteiger partial charge on any atom is -0.507 e. The van der Waals surface area contributed by atoms with Crippen LogP contribution in [-0.2, 0) is 9.53 Å². The Bertz CT molecular complexity index is 1560. The number of phenols is 1. The van der Waals surface area contributed by atoms with Crippen molar-refractivity contribution in [1.29, 1.82) is 0 Å². The van der Waals surface area contributed by atoms with E-state index >= 15 is 0 Å². The van der Waals surface area contributed by atoms with Crippen LogP contribution in [0.1, 0.15) is 58.7 Å². The van der Waals surface area contributed by atoms with Crippen LogP contribution in [0.3, 0.4) is 0 Å². The Kier molecular flexibility index (Phi) is 8.60. The number of hydrogen-bond acceptors (Lipinski definition) is 8. The van der Waals surface area contributed by atoms with Crippen molar-refractivity contribution in [2.45, 2.75) is 53.7 Å². The number of hydrogen-bond donors (Lipinski definition) is 1. The van der Waals surface area contributed by atoms with Gasteiger partial charge in [-0.1, -0.05) is 23.5 Å². The third-order valence-electron chi connectivity index (χ3n) is 6.51. The molecule has 0 bridgehead atoms. The predicted molar refractivity (Wildman–Crippen MR) is 154 cm³/mol. The van der Waals surface area contributed by atoms with E-state index in [1.807, 2.05) is 44.2 Å². The van der Waals surface area contributed by atoms with Crippen LogP contribution in [0.15, 0.2) is 63.5 Å². The molecular formula is C30H35N3O5S. The number of carbonyl (C=O) groups is 1. The minimum absolute atomic E-state index is 0.0169. The highest BCUT2D eigenvalue weighted by Crippen LogP contribution is 2.32. The topological polar surface area (TPSA) is 93.4 Å². The molecule has 3 aromatic rings. The molecule has 206 valence electrons. The van der Waals surface area contributed by atoms with Crippen molar-refractivity contribution >= 4 is 29.1 Å². The average Bonchev–Trinajstić information content (AvgIpc) is 3.20. The molecule has 1 aliphatic heterocycles. The molecule has 0 fully saturated rings. The van der Waals surface area contributed by atoms with Crippen LogP contribution in [0.2, 0.25) is 0 Å². The van der Waals surface area contributed by atoms with E-state index in [0.717, 1.165) is 24.3 Å². The Labute approximate surface area is 232 Å². The molecular weight excluding hydrogens is 514 g/mol. The summed E-state index contributed by atoms with van der Waals surface area (Å²) in [5.41, 5.74) is 2.70. The molecule has 39 heavy (non-hydrogen) atoms. The number of anilines is 1. The number of nitrogens with zero attached hydrogens (tertiary/aromatic N) is 3. The summed E-state index contributed by atoms with van der Waals surface area (Å²) >= 11 is 1.22. The normalized spacial score (nSPS) is 15.3. The molecule has 0 amide bonds. The number of rotatable bonds is 9. The van der Waals surface area contributed by atoms with E-state index in [-0.39, 0.29) is 24.0 Å². The summed E-state index contributed by atoms with van der Waals surface area (Å²) in [6.07, 6.45) is 1.69. The number of aromatic nitrogens is 1. The number of thiazole rings is 1. The second-order valence-corrected chi connectivity index (χ2v) is 10.5. The average molecular weight is 550 g/mol. The summed E-state index contributed by atoms with van der Waals surface area (Å²) in [4.78, 5) is 34.1. The monoisotopic (exact) mass is 549 g/mol. The molecule has 0 saturated carbocycles. The number of fused-ring (bicyclic) bond motifs is 1. The zero-order valence-electron chi connectivity index (χ0n) is 23.2. The van der Waals surface area contributed by atoms with Gasteiger partial charge in [0.05, 0.1) is 34.6 Å². The Morgan fingerprint density at radius 1 is 1.15 bits per heavy atom. The molecule has 0 unspecified atom stereocenters. The van der Waals surface area contributed by atoms with Crippen LogP contribution in [-0.4, -0.2) is 41.4 Å². The first-order chi connectivity index (χ1) is 18.7. The number of benzene rings is 2. The molecule has 1 aliphatic rings. The highest BCUT2D eigenvalue weighted by atomic mass is 32.1. The first kappa shape index (κ1) is 28.2. The van der Waals surface area contributed by atoms with Crippen molar-refractivity contribution in [2.75, 3.05) is 24.6 Å². The van der Waals surface area contributed by atoms with E-state index in [2.05, 4.69) is 23.7 Å². The summed E-state index contributed by atoms with van der Waals surface area (Å²) in [5, 5.41) is 10.8. The molecule has 0 radical (unpaired) electrons. The zero-order valence-corrected chi connectivity index (χ0v) is 24.0. The molecule has 4 rings (SSSR count). The number of phenolic OH excluding ortho intramolecular Hbond substituents is 1. The SMILES string of the molecule is CCOC(=O)C1=C(C)N=c2s/c(=C\c3ccc(N(CC)CC)cc3O)c(=O)n2[C@@H]1c1ccc(OC(C)C)cc1. The Hall–Kier alpha value is -3.85. The standard InChI is InChI=1S/C30H35N3O5S/c1-7-32(8-2)22-13-10-21(24(34)17-22)16-25-28(35)33-27(20-11-14-23(15-12-20)38-18(4)5)26(29(36)37-9-3)19(6)31-30(33)39-25/h10-18,27,34H,7-9H2,1-6H3/b25-16-/t27-/m1/s1. The van der Waals surface area contributed by atoms with E-state index in [0.29, 0.717) is 31.9 Å². The van der Waals surface area contributed by atoms with Gasteiger partial charge in [0.25, 0.3) is 5.56 Å². The number of aromatic hydroxyl groups is 1. The molecule has 2 aromatic carbocycles. The number of ether oxygens (including phenoxy) is 2. The molecule has 1 atom stereocenters. The van der Waals surface area contributed by atoms with Gasteiger partial charge in [0.1, 0.15) is 11.5 Å². The van der Waals surface area contributed by atoms with Crippen LogP contribution in [0.5, 0.6) is 11.5 Å². The second kappa shape index (κ2) is 11.9. The molecule has 2 heterocycles. The van der Waals surface area contributed by atoms with Crippen molar-refractivity contribution in [3.05, 3.63) is 84.5 Å². The van der Waals surface area contributed by atoms with Gasteiger partial charge in [-0.15, -0.1) is 0 Å². The fraction of sp³-hybridized carbons (Fsp3) is 0.367. The van der Waals surface area contributed by atoms with Gasteiger partial charge in [-0.25, -0.2) is 9.79 Å². The van der Waals surface area contributed by atoms with E-state index in [1.54, 1.807) is 32.1 Å². The highest BCUT2D eigenvalue weighted by Gasteiger charge is 2.33. The quantitative estimate of drug-likeness (QED) is 0.404. The molecule has 0 spiro atoms. The van der Waals surface area contributed by atoms with E-state index in [1.165, 1.54) is 15.9 Å². The third kappa shape index (κ3) is 5.78. The third-order valence-corrected chi connectivity index (χ3v) is 7.50. The maximum Gasteiger partial charge on any atom is 0.338 e. The summed E-state index contributed by atoms with van der Waals surface area (Å²) < 4.78 is 13.1. The van der Waals surface area contributed by atoms with Crippen molar-refractivity contribution < 1.29 is 19.4 Å². The molecule has 0 saturated heterocycles. The van der Waals surface area contributed by atoms with E-state index in [4.69, 9.17) is 9.47 Å². The molecule has 0 aliphatic carbocycles. The van der Waals surface area contributed by atoms with Gasteiger partial charge >= 0.3 is 5.97 Å². The number of esters is 1. The smallest absolute Gasteiger partial charge is 0.338 e. The zero-order chi connectivity index (χ0) is 28.3. The lowest BCUT2D eigenvalue weighted by atomic mass is 9.96. The van der Waals surface area contributed by atoms with E-state index < -0.39 is 12.0 Å². The largest absolute Gasteiger partial charge is 0.507 e. The molecule has 1 aromatic heterocycles. The predicted octanol–water partition coefficient (Wildman–Crippen LogP) is 4.14. The minimum atomic E-state index is -0.714.